The van der Waals surface area contributed by atoms with Gasteiger partial charge in [0.15, 0.2) is 29.3 Å². The minimum absolute atomic E-state index is 0.177. The van der Waals surface area contributed by atoms with Crippen LogP contribution in [-0.2, 0) is 22.3 Å². The van der Waals surface area contributed by atoms with Gasteiger partial charge in [-0.1, -0.05) is 18.6 Å². The number of phenolic OH excluding ortho intramolecular Hbond substituents is 4. The lowest BCUT2D eigenvalue weighted by atomic mass is 9.98. The van der Waals surface area contributed by atoms with Crippen molar-refractivity contribution in [2.45, 2.75) is 75.3 Å². The van der Waals surface area contributed by atoms with Crippen molar-refractivity contribution in [1.82, 2.24) is 0 Å². The third-order valence-corrected chi connectivity index (χ3v) is 6.25. The lowest BCUT2D eigenvalue weighted by Crippen LogP contribution is -2.59. The van der Waals surface area contributed by atoms with Gasteiger partial charge in [0.2, 0.25) is 0 Å². The van der Waals surface area contributed by atoms with Crippen LogP contribution in [0, 0.1) is 0 Å². The number of phenols is 4. The Kier molecular flexibility index (Phi) is 9.55. The summed E-state index contributed by atoms with van der Waals surface area (Å²) in [4.78, 5) is 0. The van der Waals surface area contributed by atoms with Gasteiger partial charge >= 0.3 is 0 Å². The van der Waals surface area contributed by atoms with Gasteiger partial charge in [0.1, 0.15) is 24.4 Å². The molecule has 0 bridgehead atoms. The first-order valence-corrected chi connectivity index (χ1v) is 11.7. The van der Waals surface area contributed by atoms with Crippen LogP contribution in [0.25, 0.3) is 0 Å². The number of ether oxygens (including phenoxy) is 2. The summed E-state index contributed by atoms with van der Waals surface area (Å²) in [5.41, 5.74) is 1.63. The van der Waals surface area contributed by atoms with Gasteiger partial charge < -0.3 is 50.3 Å². The van der Waals surface area contributed by atoms with E-state index in [-0.39, 0.29) is 23.0 Å². The molecule has 194 valence electrons. The van der Waals surface area contributed by atoms with Crippen molar-refractivity contribution in [3.63, 3.8) is 0 Å². The summed E-state index contributed by atoms with van der Waals surface area (Å²) in [7, 11) is 0. The molecule has 1 aliphatic heterocycles. The average Bonchev–Trinajstić information content (AvgIpc) is 2.84. The van der Waals surface area contributed by atoms with E-state index < -0.39 is 43.4 Å². The molecule has 1 heterocycles. The molecule has 0 saturated carbocycles. The fourth-order valence-electron chi connectivity index (χ4n) is 4.13. The van der Waals surface area contributed by atoms with Crippen LogP contribution in [-0.4, -0.2) is 84.3 Å². The number of aliphatic hydroxyl groups is 4. The summed E-state index contributed by atoms with van der Waals surface area (Å²) in [5.74, 6) is -0.806. The maximum Gasteiger partial charge on any atom is 0.186 e. The predicted octanol–water partition coefficient (Wildman–Crippen LogP) is 1.04. The third kappa shape index (κ3) is 7.20. The minimum atomic E-state index is -1.54. The Bertz CT molecular complexity index is 950. The molecular formula is C25H34O10. The van der Waals surface area contributed by atoms with Crippen LogP contribution >= 0.6 is 0 Å². The molecule has 0 aliphatic carbocycles. The van der Waals surface area contributed by atoms with E-state index in [4.69, 9.17) is 9.47 Å². The Morgan fingerprint density at radius 2 is 1.31 bits per heavy atom. The predicted molar refractivity (Wildman–Crippen MR) is 124 cm³/mol. The summed E-state index contributed by atoms with van der Waals surface area (Å²) in [6, 6.07) is 9.20. The van der Waals surface area contributed by atoms with Gasteiger partial charge in [-0.05, 0) is 67.5 Å². The van der Waals surface area contributed by atoms with Gasteiger partial charge in [-0.2, -0.15) is 0 Å². The molecule has 1 aliphatic rings. The molecule has 35 heavy (non-hydrogen) atoms. The summed E-state index contributed by atoms with van der Waals surface area (Å²) in [6.07, 6.45) is -3.64. The zero-order valence-electron chi connectivity index (χ0n) is 19.3. The van der Waals surface area contributed by atoms with Crippen molar-refractivity contribution in [3.8, 4) is 23.0 Å². The maximum atomic E-state index is 10.3. The van der Waals surface area contributed by atoms with Gasteiger partial charge in [0.05, 0.1) is 12.7 Å². The number of aromatic hydroxyl groups is 4. The quantitative estimate of drug-likeness (QED) is 0.166. The molecule has 1 saturated heterocycles. The number of aryl methyl sites for hydroxylation is 2. The van der Waals surface area contributed by atoms with Crippen LogP contribution in [0.2, 0.25) is 0 Å². The first kappa shape index (κ1) is 27.0. The molecule has 10 heteroatoms. The molecule has 8 N–H and O–H groups in total. The molecule has 6 atom stereocenters. The second-order valence-electron chi connectivity index (χ2n) is 8.89. The van der Waals surface area contributed by atoms with Crippen LogP contribution < -0.4 is 0 Å². The number of benzene rings is 2. The van der Waals surface area contributed by atoms with E-state index in [2.05, 4.69) is 0 Å². The molecular weight excluding hydrogens is 460 g/mol. The maximum absolute atomic E-state index is 10.3. The van der Waals surface area contributed by atoms with Gasteiger partial charge in [-0.15, -0.1) is 0 Å². The molecule has 0 spiro atoms. The Balaban J connectivity index is 1.62. The standard InChI is InChI=1S/C25H34O10/c26-13-21-22(31)23(32)24(33)25(35-21)34-16(8-5-15-7-10-18(28)20(30)12-15)4-2-1-3-14-6-9-17(27)19(29)11-14/h6-7,9-12,16,21-33H,1-5,8,13H2. The van der Waals surface area contributed by atoms with Crippen LogP contribution in [0.1, 0.15) is 36.8 Å². The largest absolute Gasteiger partial charge is 0.504 e. The first-order chi connectivity index (χ1) is 16.7. The summed E-state index contributed by atoms with van der Waals surface area (Å²) >= 11 is 0. The van der Waals surface area contributed by atoms with E-state index >= 15 is 0 Å². The number of hydrogen-bond acceptors (Lipinski definition) is 10. The zero-order valence-corrected chi connectivity index (χ0v) is 19.3. The summed E-state index contributed by atoms with van der Waals surface area (Å²) < 4.78 is 11.5. The van der Waals surface area contributed by atoms with E-state index in [1.165, 1.54) is 24.3 Å². The highest BCUT2D eigenvalue weighted by Crippen LogP contribution is 2.29. The van der Waals surface area contributed by atoms with Gasteiger partial charge in [0.25, 0.3) is 0 Å². The monoisotopic (exact) mass is 494 g/mol. The average molecular weight is 495 g/mol. The highest BCUT2D eigenvalue weighted by atomic mass is 16.7. The van der Waals surface area contributed by atoms with E-state index in [1.807, 2.05) is 0 Å². The molecule has 0 radical (unpaired) electrons. The van der Waals surface area contributed by atoms with Crippen LogP contribution in [0.4, 0.5) is 0 Å². The Hall–Kier alpha value is -2.60. The van der Waals surface area contributed by atoms with Crippen molar-refractivity contribution in [3.05, 3.63) is 47.5 Å². The van der Waals surface area contributed by atoms with Crippen LogP contribution in [0.5, 0.6) is 23.0 Å². The molecule has 2 aromatic carbocycles. The Morgan fingerprint density at radius 3 is 1.89 bits per heavy atom. The van der Waals surface area contributed by atoms with Gasteiger partial charge in [-0.25, -0.2) is 0 Å². The molecule has 10 nitrogen and oxygen atoms in total. The normalized spacial score (nSPS) is 25.4. The van der Waals surface area contributed by atoms with Crippen LogP contribution in [0.15, 0.2) is 36.4 Å². The van der Waals surface area contributed by atoms with Gasteiger partial charge in [0, 0.05) is 0 Å². The fraction of sp³-hybridized carbons (Fsp3) is 0.520. The van der Waals surface area contributed by atoms with Crippen molar-refractivity contribution in [2.75, 3.05) is 6.61 Å². The fourth-order valence-corrected chi connectivity index (χ4v) is 4.13. The number of hydrogen-bond donors (Lipinski definition) is 8. The second kappa shape index (κ2) is 12.4. The van der Waals surface area contributed by atoms with Crippen molar-refractivity contribution >= 4 is 0 Å². The van der Waals surface area contributed by atoms with E-state index in [1.54, 1.807) is 12.1 Å². The van der Waals surface area contributed by atoms with E-state index in [0.29, 0.717) is 32.1 Å². The molecule has 0 amide bonds. The SMILES string of the molecule is OCC1OC(OC(CCCCc2ccc(O)c(O)c2)CCc2ccc(O)c(O)c2)C(O)C(O)C1O. The van der Waals surface area contributed by atoms with Crippen LogP contribution in [0.3, 0.4) is 0 Å². The van der Waals surface area contributed by atoms with E-state index in [0.717, 1.165) is 17.5 Å². The smallest absolute Gasteiger partial charge is 0.186 e. The number of unbranched alkanes of at least 4 members (excludes halogenated alkanes) is 1. The minimum Gasteiger partial charge on any atom is -0.504 e. The highest BCUT2D eigenvalue weighted by molar-refractivity contribution is 5.41. The van der Waals surface area contributed by atoms with Crippen molar-refractivity contribution in [2.24, 2.45) is 0 Å². The van der Waals surface area contributed by atoms with Crippen molar-refractivity contribution < 1.29 is 50.3 Å². The summed E-state index contributed by atoms with van der Waals surface area (Å²) in [5, 5.41) is 78.2. The lowest BCUT2D eigenvalue weighted by molar-refractivity contribution is -0.312. The molecule has 1 fully saturated rings. The summed E-state index contributed by atoms with van der Waals surface area (Å²) in [6.45, 7) is -0.554. The molecule has 0 aromatic heterocycles. The van der Waals surface area contributed by atoms with E-state index in [9.17, 15) is 40.9 Å². The molecule has 2 aromatic rings. The van der Waals surface area contributed by atoms with Gasteiger partial charge in [-0.3, -0.25) is 0 Å². The van der Waals surface area contributed by atoms with Crippen molar-refractivity contribution in [1.29, 1.82) is 0 Å². The first-order valence-electron chi connectivity index (χ1n) is 11.7. The highest BCUT2D eigenvalue weighted by Gasteiger charge is 2.44. The number of aliphatic hydroxyl groups excluding tert-OH is 4. The molecule has 6 unspecified atom stereocenters. The Labute approximate surface area is 203 Å². The molecule has 3 rings (SSSR count). The lowest BCUT2D eigenvalue weighted by Gasteiger charge is -2.41. The third-order valence-electron chi connectivity index (χ3n) is 6.25. The topological polar surface area (TPSA) is 180 Å². The zero-order chi connectivity index (χ0) is 25.5. The number of rotatable bonds is 11. The second-order valence-corrected chi connectivity index (χ2v) is 8.89. The Morgan fingerprint density at radius 1 is 0.714 bits per heavy atom.